The average molecular weight is 443 g/mol. The minimum Gasteiger partial charge on any atom is -0.464 e. The Labute approximate surface area is 185 Å². The van der Waals surface area contributed by atoms with E-state index in [1.807, 2.05) is 29.0 Å². The number of methoxy groups -OCH3 is 1. The van der Waals surface area contributed by atoms with Gasteiger partial charge in [0, 0.05) is 24.5 Å². The van der Waals surface area contributed by atoms with Crippen LogP contribution in [0.1, 0.15) is 53.6 Å². The van der Waals surface area contributed by atoms with Crippen LogP contribution in [0.3, 0.4) is 0 Å². The second-order valence-electron chi connectivity index (χ2n) is 7.99. The monoisotopic (exact) mass is 442 g/mol. The molecule has 9 heteroatoms. The van der Waals surface area contributed by atoms with E-state index in [0.717, 1.165) is 11.3 Å². The number of imidazole rings is 1. The van der Waals surface area contributed by atoms with Crippen LogP contribution >= 0.6 is 11.3 Å². The molecule has 3 aromatic rings. The summed E-state index contributed by atoms with van der Waals surface area (Å²) in [5, 5.41) is 5.04. The van der Waals surface area contributed by atoms with Crippen LogP contribution in [0.5, 0.6) is 0 Å². The molecule has 2 heterocycles. The van der Waals surface area contributed by atoms with Crippen molar-refractivity contribution < 1.29 is 19.1 Å². The van der Waals surface area contributed by atoms with Crippen LogP contribution in [0.15, 0.2) is 48.2 Å². The third-order valence-electron chi connectivity index (χ3n) is 4.21. The summed E-state index contributed by atoms with van der Waals surface area (Å²) in [6, 6.07) is 9.57. The van der Waals surface area contributed by atoms with E-state index in [-0.39, 0.29) is 5.69 Å². The number of esters is 1. The predicted molar refractivity (Wildman–Crippen MR) is 117 cm³/mol. The number of hydrogen-bond acceptors (Lipinski definition) is 7. The van der Waals surface area contributed by atoms with Crippen LogP contribution in [-0.4, -0.2) is 39.3 Å². The molecule has 0 aliphatic carbocycles. The van der Waals surface area contributed by atoms with E-state index in [1.54, 1.807) is 32.5 Å². The Kier molecular flexibility index (Phi) is 7.06. The van der Waals surface area contributed by atoms with Crippen molar-refractivity contribution in [2.75, 3.05) is 7.11 Å². The highest BCUT2D eigenvalue weighted by atomic mass is 32.1. The smallest absolute Gasteiger partial charge is 0.408 e. The lowest BCUT2D eigenvalue weighted by Crippen LogP contribution is -2.35. The molecule has 0 aliphatic rings. The number of alkyl carbamates (subject to hydrolysis) is 1. The molecule has 0 saturated carbocycles. The number of carbonyl (C=O) groups is 2. The Morgan fingerprint density at radius 3 is 2.65 bits per heavy atom. The van der Waals surface area contributed by atoms with Crippen LogP contribution in [-0.2, 0) is 22.4 Å². The lowest BCUT2D eigenvalue weighted by Gasteiger charge is -2.22. The highest BCUT2D eigenvalue weighted by molar-refractivity contribution is 7.09. The summed E-state index contributed by atoms with van der Waals surface area (Å²) in [5.41, 5.74) is 1.52. The number of amides is 1. The minimum absolute atomic E-state index is 0.202. The fourth-order valence-corrected chi connectivity index (χ4v) is 3.74. The molecule has 0 fully saturated rings. The molecule has 31 heavy (non-hydrogen) atoms. The van der Waals surface area contributed by atoms with Gasteiger partial charge in [0.05, 0.1) is 25.2 Å². The second kappa shape index (κ2) is 9.74. The first-order valence-corrected chi connectivity index (χ1v) is 10.7. The van der Waals surface area contributed by atoms with Gasteiger partial charge in [0.2, 0.25) is 0 Å². The Bertz CT molecular complexity index is 1020. The molecule has 0 aliphatic heterocycles. The van der Waals surface area contributed by atoms with Crippen molar-refractivity contribution in [3.8, 4) is 0 Å². The molecular weight excluding hydrogens is 416 g/mol. The number of carbonyl (C=O) groups excluding carboxylic acids is 2. The van der Waals surface area contributed by atoms with Gasteiger partial charge in [-0.05, 0) is 26.3 Å². The average Bonchev–Trinajstić information content (AvgIpc) is 3.36. The van der Waals surface area contributed by atoms with E-state index >= 15 is 0 Å². The van der Waals surface area contributed by atoms with Gasteiger partial charge in [-0.2, -0.15) is 0 Å². The SMILES string of the molecule is COC(=O)c1csc([C@H](Cc2cn(Cc3ccccc3)cn2)NC(=O)OC(C)(C)C)n1. The molecule has 0 saturated heterocycles. The maximum Gasteiger partial charge on any atom is 0.408 e. The quantitative estimate of drug-likeness (QED) is 0.556. The molecule has 3 rings (SSSR count). The second-order valence-corrected chi connectivity index (χ2v) is 8.88. The number of thiazole rings is 1. The van der Waals surface area contributed by atoms with Crippen molar-refractivity contribution in [1.82, 2.24) is 19.9 Å². The van der Waals surface area contributed by atoms with Gasteiger partial charge in [0.25, 0.3) is 0 Å². The van der Waals surface area contributed by atoms with Crippen LogP contribution < -0.4 is 5.32 Å². The standard InChI is InChI=1S/C22H26N4O4S/c1-22(2,3)30-21(28)25-17(19-24-18(13-31-19)20(27)29-4)10-16-12-26(14-23-16)11-15-8-6-5-7-9-15/h5-9,12-14,17H,10-11H2,1-4H3,(H,25,28)/t17-/m0/s1. The molecule has 1 atom stereocenters. The molecule has 0 unspecified atom stereocenters. The van der Waals surface area contributed by atoms with Gasteiger partial charge in [0.15, 0.2) is 5.69 Å². The summed E-state index contributed by atoms with van der Waals surface area (Å²) in [6.07, 6.45) is 3.53. The Hall–Kier alpha value is -3.20. The first-order valence-electron chi connectivity index (χ1n) is 9.81. The van der Waals surface area contributed by atoms with Crippen LogP contribution in [0.4, 0.5) is 4.79 Å². The van der Waals surface area contributed by atoms with E-state index in [1.165, 1.54) is 18.4 Å². The van der Waals surface area contributed by atoms with Crippen LogP contribution in [0, 0.1) is 0 Å². The largest absolute Gasteiger partial charge is 0.464 e. The lowest BCUT2D eigenvalue weighted by molar-refractivity contribution is 0.0503. The first kappa shape index (κ1) is 22.5. The molecule has 1 amide bonds. The molecule has 8 nitrogen and oxygen atoms in total. The highest BCUT2D eigenvalue weighted by Gasteiger charge is 2.25. The van der Waals surface area contributed by atoms with Gasteiger partial charge in [-0.3, -0.25) is 0 Å². The summed E-state index contributed by atoms with van der Waals surface area (Å²) < 4.78 is 12.1. The summed E-state index contributed by atoms with van der Waals surface area (Å²) in [4.78, 5) is 33.0. The predicted octanol–water partition coefficient (Wildman–Crippen LogP) is 3.98. The number of aromatic nitrogens is 3. The van der Waals surface area contributed by atoms with Gasteiger partial charge in [-0.1, -0.05) is 30.3 Å². The van der Waals surface area contributed by atoms with Gasteiger partial charge >= 0.3 is 12.1 Å². The van der Waals surface area contributed by atoms with Crippen molar-refractivity contribution in [3.05, 3.63) is 70.2 Å². The molecule has 0 spiro atoms. The highest BCUT2D eigenvalue weighted by Crippen LogP contribution is 2.23. The summed E-state index contributed by atoms with van der Waals surface area (Å²) in [6.45, 7) is 6.09. The van der Waals surface area contributed by atoms with Crippen molar-refractivity contribution in [1.29, 1.82) is 0 Å². The fraction of sp³-hybridized carbons (Fsp3) is 0.364. The number of rotatable bonds is 7. The Morgan fingerprint density at radius 1 is 1.23 bits per heavy atom. The molecule has 1 aromatic carbocycles. The molecule has 0 radical (unpaired) electrons. The van der Waals surface area contributed by atoms with E-state index in [4.69, 9.17) is 9.47 Å². The molecule has 164 valence electrons. The third kappa shape index (κ3) is 6.65. The zero-order chi connectivity index (χ0) is 22.4. The zero-order valence-electron chi connectivity index (χ0n) is 18.0. The Balaban J connectivity index is 1.77. The van der Waals surface area contributed by atoms with E-state index < -0.39 is 23.7 Å². The fourth-order valence-electron chi connectivity index (χ4n) is 2.90. The van der Waals surface area contributed by atoms with Crippen molar-refractivity contribution in [2.24, 2.45) is 0 Å². The summed E-state index contributed by atoms with van der Waals surface area (Å²) in [7, 11) is 1.30. The van der Waals surface area contributed by atoms with Crippen LogP contribution in [0.2, 0.25) is 0 Å². The normalized spacial score (nSPS) is 12.3. The van der Waals surface area contributed by atoms with Gasteiger partial charge in [0.1, 0.15) is 10.6 Å². The Morgan fingerprint density at radius 2 is 1.97 bits per heavy atom. The number of nitrogens with zero attached hydrogens (tertiary/aromatic N) is 3. The number of ether oxygens (including phenoxy) is 2. The summed E-state index contributed by atoms with van der Waals surface area (Å²) >= 11 is 1.27. The topological polar surface area (TPSA) is 95.3 Å². The number of benzene rings is 1. The van der Waals surface area contributed by atoms with E-state index in [0.29, 0.717) is 18.0 Å². The molecule has 0 bridgehead atoms. The summed E-state index contributed by atoms with van der Waals surface area (Å²) in [5.74, 6) is -0.523. The minimum atomic E-state index is -0.633. The maximum absolute atomic E-state index is 12.4. The van der Waals surface area contributed by atoms with E-state index in [2.05, 4.69) is 27.4 Å². The maximum atomic E-state index is 12.4. The third-order valence-corrected chi connectivity index (χ3v) is 5.17. The van der Waals surface area contributed by atoms with E-state index in [9.17, 15) is 9.59 Å². The molecule has 2 aromatic heterocycles. The molecular formula is C22H26N4O4S. The number of nitrogens with one attached hydrogen (secondary N) is 1. The molecule has 1 N–H and O–H groups in total. The van der Waals surface area contributed by atoms with Crippen molar-refractivity contribution in [3.63, 3.8) is 0 Å². The van der Waals surface area contributed by atoms with Gasteiger partial charge in [-0.15, -0.1) is 11.3 Å². The zero-order valence-corrected chi connectivity index (χ0v) is 18.8. The van der Waals surface area contributed by atoms with Crippen molar-refractivity contribution >= 4 is 23.4 Å². The van der Waals surface area contributed by atoms with Crippen LogP contribution in [0.25, 0.3) is 0 Å². The number of hydrogen-bond donors (Lipinski definition) is 1. The first-order chi connectivity index (χ1) is 14.7. The lowest BCUT2D eigenvalue weighted by atomic mass is 10.1. The van der Waals surface area contributed by atoms with Gasteiger partial charge in [-0.25, -0.2) is 19.6 Å². The van der Waals surface area contributed by atoms with Crippen molar-refractivity contribution in [2.45, 2.75) is 45.4 Å². The van der Waals surface area contributed by atoms with Gasteiger partial charge < -0.3 is 19.4 Å².